The monoisotopic (exact) mass is 340 g/mol. The van der Waals surface area contributed by atoms with Gasteiger partial charge in [0.15, 0.2) is 0 Å². The number of aromatic nitrogens is 1. The Morgan fingerprint density at radius 2 is 2.04 bits per heavy atom. The van der Waals surface area contributed by atoms with Crippen LogP contribution in [-0.2, 0) is 16.1 Å². The highest BCUT2D eigenvalue weighted by Gasteiger charge is 2.46. The van der Waals surface area contributed by atoms with Gasteiger partial charge in [-0.05, 0) is 62.7 Å². The second-order valence-corrected chi connectivity index (χ2v) is 7.81. The van der Waals surface area contributed by atoms with E-state index in [0.717, 1.165) is 44.8 Å². The number of hydrogen-bond donors (Lipinski definition) is 1. The molecule has 1 aliphatic heterocycles. The SMILES string of the molecule is CCOC(=O)C1(CC2CC2)CCN(Cc2cc3ccccc3[nH]2)CC1. The molecule has 2 fully saturated rings. The van der Waals surface area contributed by atoms with E-state index in [-0.39, 0.29) is 11.4 Å². The minimum atomic E-state index is -0.228. The average Bonchev–Trinajstić information content (AvgIpc) is 3.33. The average molecular weight is 340 g/mol. The summed E-state index contributed by atoms with van der Waals surface area (Å²) in [4.78, 5) is 18.6. The van der Waals surface area contributed by atoms with Gasteiger partial charge in [-0.25, -0.2) is 0 Å². The lowest BCUT2D eigenvalue weighted by molar-refractivity contribution is -0.159. The molecule has 2 heterocycles. The fourth-order valence-electron chi connectivity index (χ4n) is 4.25. The number of benzene rings is 1. The Labute approximate surface area is 149 Å². The van der Waals surface area contributed by atoms with Crippen LogP contribution >= 0.6 is 0 Å². The molecular weight excluding hydrogens is 312 g/mol. The predicted octanol–water partition coefficient (Wildman–Crippen LogP) is 4.11. The number of fused-ring (bicyclic) bond motifs is 1. The Hall–Kier alpha value is -1.81. The molecule has 1 aromatic carbocycles. The van der Waals surface area contributed by atoms with E-state index < -0.39 is 0 Å². The molecule has 2 aromatic rings. The Morgan fingerprint density at radius 3 is 2.72 bits per heavy atom. The molecule has 1 aromatic heterocycles. The number of carbonyl (C=O) groups excluding carboxylic acids is 1. The molecule has 2 aliphatic rings. The first kappa shape index (κ1) is 16.6. The number of carbonyl (C=O) groups is 1. The fraction of sp³-hybridized carbons (Fsp3) is 0.571. The van der Waals surface area contributed by atoms with Crippen LogP contribution in [-0.4, -0.2) is 35.5 Å². The fourth-order valence-corrected chi connectivity index (χ4v) is 4.25. The first-order valence-corrected chi connectivity index (χ1v) is 9.65. The number of H-pyrrole nitrogens is 1. The van der Waals surface area contributed by atoms with Crippen LogP contribution in [0.5, 0.6) is 0 Å². The lowest BCUT2D eigenvalue weighted by Gasteiger charge is -2.40. The van der Waals surface area contributed by atoms with Crippen molar-refractivity contribution in [3.05, 3.63) is 36.0 Å². The molecule has 134 valence electrons. The predicted molar refractivity (Wildman–Crippen MR) is 99.2 cm³/mol. The summed E-state index contributed by atoms with van der Waals surface area (Å²) in [6, 6.07) is 10.7. The van der Waals surface area contributed by atoms with E-state index in [1.54, 1.807) is 0 Å². The van der Waals surface area contributed by atoms with Crippen molar-refractivity contribution in [2.45, 2.75) is 45.6 Å². The summed E-state index contributed by atoms with van der Waals surface area (Å²) in [5.41, 5.74) is 2.23. The van der Waals surface area contributed by atoms with Crippen LogP contribution in [0.4, 0.5) is 0 Å². The molecule has 4 heteroatoms. The third-order valence-corrected chi connectivity index (χ3v) is 5.88. The number of hydrogen-bond acceptors (Lipinski definition) is 3. The summed E-state index contributed by atoms with van der Waals surface area (Å²) in [5, 5.41) is 1.27. The molecule has 1 saturated heterocycles. The minimum Gasteiger partial charge on any atom is -0.466 e. The van der Waals surface area contributed by atoms with E-state index in [1.165, 1.54) is 29.4 Å². The Morgan fingerprint density at radius 1 is 1.28 bits per heavy atom. The van der Waals surface area contributed by atoms with Gasteiger partial charge in [0.2, 0.25) is 0 Å². The molecule has 1 N–H and O–H groups in total. The van der Waals surface area contributed by atoms with Crippen LogP contribution in [0.15, 0.2) is 30.3 Å². The van der Waals surface area contributed by atoms with Crippen molar-refractivity contribution in [2.24, 2.45) is 11.3 Å². The van der Waals surface area contributed by atoms with Crippen molar-refractivity contribution < 1.29 is 9.53 Å². The number of ether oxygens (including phenoxy) is 1. The molecule has 25 heavy (non-hydrogen) atoms. The number of rotatable bonds is 6. The van der Waals surface area contributed by atoms with Crippen molar-refractivity contribution in [2.75, 3.05) is 19.7 Å². The zero-order valence-corrected chi connectivity index (χ0v) is 15.1. The molecule has 0 bridgehead atoms. The molecule has 0 amide bonds. The van der Waals surface area contributed by atoms with Gasteiger partial charge in [-0.15, -0.1) is 0 Å². The summed E-state index contributed by atoms with van der Waals surface area (Å²) in [7, 11) is 0. The van der Waals surface area contributed by atoms with Gasteiger partial charge in [-0.3, -0.25) is 9.69 Å². The highest BCUT2D eigenvalue weighted by Crippen LogP contribution is 2.46. The van der Waals surface area contributed by atoms with Gasteiger partial charge in [-0.1, -0.05) is 31.0 Å². The van der Waals surface area contributed by atoms with Gasteiger partial charge in [0, 0.05) is 17.8 Å². The van der Waals surface area contributed by atoms with Crippen LogP contribution in [0, 0.1) is 11.3 Å². The van der Waals surface area contributed by atoms with Crippen LogP contribution in [0.2, 0.25) is 0 Å². The highest BCUT2D eigenvalue weighted by molar-refractivity contribution is 5.80. The number of aromatic amines is 1. The topological polar surface area (TPSA) is 45.3 Å². The Kier molecular flexibility index (Phi) is 4.55. The number of nitrogens with zero attached hydrogens (tertiary/aromatic N) is 1. The number of nitrogens with one attached hydrogen (secondary N) is 1. The summed E-state index contributed by atoms with van der Waals surface area (Å²) >= 11 is 0. The van der Waals surface area contributed by atoms with Gasteiger partial charge in [0.05, 0.1) is 12.0 Å². The summed E-state index contributed by atoms with van der Waals surface area (Å²) in [6.45, 7) is 5.27. The summed E-state index contributed by atoms with van der Waals surface area (Å²) < 4.78 is 5.44. The van der Waals surface area contributed by atoms with E-state index in [9.17, 15) is 4.79 Å². The second kappa shape index (κ2) is 6.83. The molecule has 4 nitrogen and oxygen atoms in total. The molecule has 0 atom stereocenters. The zero-order chi connectivity index (χ0) is 17.3. The van der Waals surface area contributed by atoms with Crippen LogP contribution < -0.4 is 0 Å². The van der Waals surface area contributed by atoms with Gasteiger partial charge in [0.1, 0.15) is 0 Å². The van der Waals surface area contributed by atoms with Gasteiger partial charge in [-0.2, -0.15) is 0 Å². The van der Waals surface area contributed by atoms with Gasteiger partial charge < -0.3 is 9.72 Å². The minimum absolute atomic E-state index is 0.0483. The van der Waals surface area contributed by atoms with Crippen molar-refractivity contribution in [3.63, 3.8) is 0 Å². The quantitative estimate of drug-likeness (QED) is 0.805. The second-order valence-electron chi connectivity index (χ2n) is 7.81. The van der Waals surface area contributed by atoms with Crippen molar-refractivity contribution in [1.29, 1.82) is 0 Å². The molecule has 1 saturated carbocycles. The standard InChI is InChI=1S/C21H28N2O2/c1-2-25-20(24)21(14-16-7-8-16)9-11-23(12-10-21)15-18-13-17-5-3-4-6-19(17)22-18/h3-6,13,16,22H,2,7-12,14-15H2,1H3. The number of para-hydroxylation sites is 1. The van der Waals surface area contributed by atoms with Crippen molar-refractivity contribution in [1.82, 2.24) is 9.88 Å². The van der Waals surface area contributed by atoms with Gasteiger partial charge in [0.25, 0.3) is 0 Å². The van der Waals surface area contributed by atoms with E-state index in [4.69, 9.17) is 4.74 Å². The van der Waals surface area contributed by atoms with E-state index >= 15 is 0 Å². The highest BCUT2D eigenvalue weighted by atomic mass is 16.5. The molecule has 1 aliphatic carbocycles. The summed E-state index contributed by atoms with van der Waals surface area (Å²) in [6.07, 6.45) is 5.48. The van der Waals surface area contributed by atoms with Crippen LogP contribution in [0.25, 0.3) is 10.9 Å². The van der Waals surface area contributed by atoms with E-state index in [1.807, 2.05) is 6.92 Å². The normalized spacial score (nSPS) is 20.7. The van der Waals surface area contributed by atoms with Crippen molar-refractivity contribution >= 4 is 16.9 Å². The molecule has 0 spiro atoms. The Balaban J connectivity index is 1.41. The molecule has 4 rings (SSSR count). The molecule has 0 unspecified atom stereocenters. The Bertz CT molecular complexity index is 706. The molecule has 0 radical (unpaired) electrons. The lowest BCUT2D eigenvalue weighted by Crippen LogP contribution is -2.45. The third-order valence-electron chi connectivity index (χ3n) is 5.88. The van der Waals surface area contributed by atoms with E-state index in [0.29, 0.717) is 6.61 Å². The zero-order valence-electron chi connectivity index (χ0n) is 15.1. The maximum atomic E-state index is 12.6. The first-order valence-electron chi connectivity index (χ1n) is 9.65. The maximum absolute atomic E-state index is 12.6. The first-order chi connectivity index (χ1) is 12.2. The lowest BCUT2D eigenvalue weighted by atomic mass is 9.74. The van der Waals surface area contributed by atoms with Crippen molar-refractivity contribution in [3.8, 4) is 0 Å². The van der Waals surface area contributed by atoms with Crippen LogP contribution in [0.3, 0.4) is 0 Å². The number of esters is 1. The third kappa shape index (κ3) is 3.59. The smallest absolute Gasteiger partial charge is 0.312 e. The largest absolute Gasteiger partial charge is 0.466 e. The number of piperidine rings is 1. The molecular formula is C21H28N2O2. The van der Waals surface area contributed by atoms with E-state index in [2.05, 4.69) is 40.2 Å². The number of likely N-dealkylation sites (tertiary alicyclic amines) is 1. The summed E-state index contributed by atoms with van der Waals surface area (Å²) in [5.74, 6) is 0.803. The van der Waals surface area contributed by atoms with Crippen LogP contribution in [0.1, 0.15) is 44.7 Å². The maximum Gasteiger partial charge on any atom is 0.312 e. The van der Waals surface area contributed by atoms with Gasteiger partial charge >= 0.3 is 5.97 Å².